The summed E-state index contributed by atoms with van der Waals surface area (Å²) < 4.78 is 5.01. The molecule has 4 rings (SSSR count). The number of hydrogen-bond donors (Lipinski definition) is 1. The zero-order chi connectivity index (χ0) is 26.2. The molecule has 0 unspecified atom stereocenters. The van der Waals surface area contributed by atoms with E-state index in [1.807, 2.05) is 47.4 Å². The molecule has 4 aromatic rings. The van der Waals surface area contributed by atoms with Crippen LogP contribution in [0.15, 0.2) is 82.4 Å². The topological polar surface area (TPSA) is 75.7 Å². The predicted molar refractivity (Wildman–Crippen MR) is 150 cm³/mol. The lowest BCUT2D eigenvalue weighted by molar-refractivity contribution is -0.141. The summed E-state index contributed by atoms with van der Waals surface area (Å²) in [5, 5.41) is 5.35. The average Bonchev–Trinajstić information content (AvgIpc) is 2.94. The summed E-state index contributed by atoms with van der Waals surface area (Å²) in [6.07, 6.45) is 4.51. The molecule has 0 amide bonds. The SMILES string of the molecule is CCCCCCN(Cc1ccc2ccccc2c1)c1c(N[C@@H](Cc2ccccc2)C(=O)OC)c(=O)c1=O. The molecule has 6 nitrogen and oxygen atoms in total. The summed E-state index contributed by atoms with van der Waals surface area (Å²) in [7, 11) is 1.32. The summed E-state index contributed by atoms with van der Waals surface area (Å²) >= 11 is 0. The van der Waals surface area contributed by atoms with Crippen molar-refractivity contribution in [2.75, 3.05) is 23.9 Å². The van der Waals surface area contributed by atoms with E-state index in [0.29, 0.717) is 25.2 Å². The zero-order valence-electron chi connectivity index (χ0n) is 21.5. The van der Waals surface area contributed by atoms with Gasteiger partial charge in [0.05, 0.1) is 7.11 Å². The third-order valence-corrected chi connectivity index (χ3v) is 6.76. The molecule has 0 radical (unpaired) electrons. The van der Waals surface area contributed by atoms with Crippen molar-refractivity contribution < 1.29 is 9.53 Å². The fourth-order valence-electron chi connectivity index (χ4n) is 4.73. The van der Waals surface area contributed by atoms with Gasteiger partial charge in [-0.3, -0.25) is 9.59 Å². The highest BCUT2D eigenvalue weighted by Gasteiger charge is 2.30. The van der Waals surface area contributed by atoms with Gasteiger partial charge in [0, 0.05) is 19.5 Å². The van der Waals surface area contributed by atoms with Crippen LogP contribution >= 0.6 is 0 Å². The van der Waals surface area contributed by atoms with Crippen LogP contribution in [0.4, 0.5) is 11.4 Å². The van der Waals surface area contributed by atoms with Crippen molar-refractivity contribution in [3.05, 3.63) is 104 Å². The van der Waals surface area contributed by atoms with Crippen LogP contribution in [0.1, 0.15) is 43.7 Å². The number of ether oxygens (including phenoxy) is 1. The molecule has 6 heteroatoms. The second-order valence-electron chi connectivity index (χ2n) is 9.46. The number of unbranched alkanes of at least 4 members (excludes halogenated alkanes) is 3. The number of nitrogens with one attached hydrogen (secondary N) is 1. The van der Waals surface area contributed by atoms with Gasteiger partial charge < -0.3 is 15.0 Å². The molecule has 0 saturated carbocycles. The van der Waals surface area contributed by atoms with Gasteiger partial charge in [0.2, 0.25) is 0 Å². The fraction of sp³-hybridized carbons (Fsp3) is 0.323. The van der Waals surface area contributed by atoms with E-state index in [9.17, 15) is 14.4 Å². The first-order valence-corrected chi connectivity index (χ1v) is 13.0. The van der Waals surface area contributed by atoms with Gasteiger partial charge in [0.1, 0.15) is 17.4 Å². The number of carbonyl (C=O) groups excluding carboxylic acids is 1. The predicted octanol–water partition coefficient (Wildman–Crippen LogP) is 5.22. The maximum absolute atomic E-state index is 12.9. The number of rotatable bonds is 13. The van der Waals surface area contributed by atoms with E-state index in [4.69, 9.17) is 4.74 Å². The van der Waals surface area contributed by atoms with Crippen molar-refractivity contribution in [3.8, 4) is 0 Å². The third kappa shape index (κ3) is 6.26. The minimum atomic E-state index is -0.780. The van der Waals surface area contributed by atoms with Crippen LogP contribution in [0.5, 0.6) is 0 Å². The Morgan fingerprint density at radius 1 is 0.865 bits per heavy atom. The van der Waals surface area contributed by atoms with E-state index in [-0.39, 0.29) is 5.69 Å². The number of benzene rings is 3. The van der Waals surface area contributed by atoms with E-state index < -0.39 is 22.9 Å². The van der Waals surface area contributed by atoms with Gasteiger partial charge in [-0.05, 0) is 34.4 Å². The van der Waals surface area contributed by atoms with Crippen LogP contribution < -0.4 is 21.1 Å². The Morgan fingerprint density at radius 2 is 1.59 bits per heavy atom. The number of esters is 1. The first kappa shape index (κ1) is 26.1. The molecule has 0 aromatic heterocycles. The van der Waals surface area contributed by atoms with Gasteiger partial charge in [-0.2, -0.15) is 0 Å². The minimum Gasteiger partial charge on any atom is -0.467 e. The van der Waals surface area contributed by atoms with Crippen molar-refractivity contribution in [3.63, 3.8) is 0 Å². The van der Waals surface area contributed by atoms with Crippen LogP contribution in [0.3, 0.4) is 0 Å². The lowest BCUT2D eigenvalue weighted by Gasteiger charge is -2.29. The molecule has 0 fully saturated rings. The molecule has 0 saturated heterocycles. The summed E-state index contributed by atoms with van der Waals surface area (Å²) in [4.78, 5) is 40.2. The van der Waals surface area contributed by atoms with Crippen LogP contribution in [0, 0.1) is 0 Å². The van der Waals surface area contributed by atoms with Gasteiger partial charge in [0.25, 0.3) is 10.9 Å². The Morgan fingerprint density at radius 3 is 2.32 bits per heavy atom. The van der Waals surface area contributed by atoms with E-state index in [1.54, 1.807) is 0 Å². The molecule has 0 aliphatic carbocycles. The molecule has 0 heterocycles. The molecular formula is C31H34N2O4. The molecule has 1 N–H and O–H groups in total. The van der Waals surface area contributed by atoms with Crippen LogP contribution in [0.2, 0.25) is 0 Å². The fourth-order valence-corrected chi connectivity index (χ4v) is 4.73. The minimum absolute atomic E-state index is 0.201. The first-order valence-electron chi connectivity index (χ1n) is 13.0. The number of fused-ring (bicyclic) bond motifs is 1. The lowest BCUT2D eigenvalue weighted by atomic mass is 10.0. The molecule has 0 bridgehead atoms. The summed E-state index contributed by atoms with van der Waals surface area (Å²) in [6.45, 7) is 3.30. The highest BCUT2D eigenvalue weighted by molar-refractivity contribution is 5.85. The number of hydrogen-bond acceptors (Lipinski definition) is 6. The van der Waals surface area contributed by atoms with Crippen LogP contribution in [-0.2, 0) is 22.5 Å². The molecule has 0 aliphatic heterocycles. The standard InChI is InChI=1S/C31H34N2O4/c1-3-4-5-11-18-33(21-23-16-17-24-14-9-10-15-25(24)19-23)28-27(29(34)30(28)35)32-26(31(36)37-2)20-22-12-7-6-8-13-22/h6-10,12-17,19,26,32H,3-5,11,18,20-21H2,1-2H3/t26-/m0/s1. The Bertz CT molecular complexity index is 1410. The second-order valence-corrected chi connectivity index (χ2v) is 9.46. The highest BCUT2D eigenvalue weighted by atomic mass is 16.5. The van der Waals surface area contributed by atoms with Crippen molar-refractivity contribution in [2.24, 2.45) is 0 Å². The van der Waals surface area contributed by atoms with E-state index in [2.05, 4.69) is 42.6 Å². The van der Waals surface area contributed by atoms with Crippen molar-refractivity contribution in [1.29, 1.82) is 0 Å². The normalized spacial score (nSPS) is 11.9. The molecule has 37 heavy (non-hydrogen) atoms. The number of carbonyl (C=O) groups is 1. The molecule has 4 aromatic carbocycles. The largest absolute Gasteiger partial charge is 0.467 e. The van der Waals surface area contributed by atoms with Gasteiger partial charge in [-0.15, -0.1) is 0 Å². The van der Waals surface area contributed by atoms with E-state index >= 15 is 0 Å². The monoisotopic (exact) mass is 498 g/mol. The van der Waals surface area contributed by atoms with Crippen LogP contribution in [0.25, 0.3) is 10.8 Å². The van der Waals surface area contributed by atoms with E-state index in [1.165, 1.54) is 7.11 Å². The molecule has 1 atom stereocenters. The summed E-state index contributed by atoms with van der Waals surface area (Å²) in [6, 6.07) is 23.2. The van der Waals surface area contributed by atoms with Crippen molar-refractivity contribution >= 4 is 28.1 Å². The van der Waals surface area contributed by atoms with E-state index in [0.717, 1.165) is 47.6 Å². The van der Waals surface area contributed by atoms with Gasteiger partial charge in [-0.25, -0.2) is 4.79 Å². The first-order chi connectivity index (χ1) is 18.0. The Kier molecular flexibility index (Phi) is 8.72. The Balaban J connectivity index is 1.62. The van der Waals surface area contributed by atoms with Gasteiger partial charge in [-0.1, -0.05) is 92.9 Å². The smallest absolute Gasteiger partial charge is 0.328 e. The highest BCUT2D eigenvalue weighted by Crippen LogP contribution is 2.26. The zero-order valence-corrected chi connectivity index (χ0v) is 21.5. The average molecular weight is 499 g/mol. The quantitative estimate of drug-likeness (QED) is 0.155. The Hall–Kier alpha value is -3.93. The maximum atomic E-state index is 12.9. The summed E-state index contributed by atoms with van der Waals surface area (Å²) in [5.74, 6) is -0.480. The summed E-state index contributed by atoms with van der Waals surface area (Å²) in [5.41, 5.74) is 1.45. The van der Waals surface area contributed by atoms with Crippen molar-refractivity contribution in [1.82, 2.24) is 0 Å². The van der Waals surface area contributed by atoms with Gasteiger partial charge in [0.15, 0.2) is 0 Å². The molecule has 192 valence electrons. The number of anilines is 2. The maximum Gasteiger partial charge on any atom is 0.328 e. The Labute approximate surface area is 217 Å². The lowest BCUT2D eigenvalue weighted by Crippen LogP contribution is -2.46. The number of nitrogens with zero attached hydrogens (tertiary/aromatic N) is 1. The van der Waals surface area contributed by atoms with Gasteiger partial charge >= 0.3 is 5.97 Å². The number of methoxy groups -OCH3 is 1. The third-order valence-electron chi connectivity index (χ3n) is 6.76. The van der Waals surface area contributed by atoms with Crippen LogP contribution in [-0.4, -0.2) is 25.7 Å². The molecule has 0 spiro atoms. The second kappa shape index (κ2) is 12.3. The molecule has 0 aliphatic rings. The van der Waals surface area contributed by atoms with Crippen molar-refractivity contribution in [2.45, 2.75) is 51.6 Å². The molecular weight excluding hydrogens is 464 g/mol.